The zero-order chi connectivity index (χ0) is 7.28. The van der Waals surface area contributed by atoms with Crippen LogP contribution in [-0.2, 0) is 20.6 Å². The number of nitrogens with zero attached hydrogens (tertiary/aromatic N) is 1. The summed E-state index contributed by atoms with van der Waals surface area (Å²) in [6.45, 7) is 0. The molecule has 0 aromatic rings. The third-order valence-electron chi connectivity index (χ3n) is 0.757. The summed E-state index contributed by atoms with van der Waals surface area (Å²) in [4.78, 5) is 1.81. The Kier molecular flexibility index (Phi) is 4.23. The van der Waals surface area contributed by atoms with Crippen LogP contribution in [0.4, 0.5) is 0 Å². The van der Waals surface area contributed by atoms with Gasteiger partial charge in [-0.05, 0) is 0 Å². The van der Waals surface area contributed by atoms with Crippen molar-refractivity contribution in [3.05, 3.63) is 11.6 Å². The van der Waals surface area contributed by atoms with E-state index in [4.69, 9.17) is 4.74 Å². The average molecular weight is 163 g/mol. The van der Waals surface area contributed by atoms with Crippen molar-refractivity contribution in [1.82, 2.24) is 4.90 Å². The van der Waals surface area contributed by atoms with Crippen LogP contribution in [-0.4, -0.2) is 30.6 Å². The van der Waals surface area contributed by atoms with Gasteiger partial charge in [0.05, 0.1) is 0 Å². The van der Waals surface area contributed by atoms with E-state index in [2.05, 4.69) is 26.1 Å². The van der Waals surface area contributed by atoms with E-state index in [1.54, 1.807) is 7.11 Å². The SMILES string of the molecule is COC(=C=[C]=[Cr])N(C)C. The molecule has 0 aromatic carbocycles. The Labute approximate surface area is 63.4 Å². The normalized spacial score (nSPS) is 7.00. The summed E-state index contributed by atoms with van der Waals surface area (Å²) >= 11 is 2.57. The van der Waals surface area contributed by atoms with Gasteiger partial charge in [-0.15, -0.1) is 0 Å². The first-order valence-corrected chi connectivity index (χ1v) is 3.07. The molecule has 0 heterocycles. The molecule has 0 aliphatic rings. The van der Waals surface area contributed by atoms with E-state index in [-0.39, 0.29) is 0 Å². The summed E-state index contributed by atoms with van der Waals surface area (Å²) in [6, 6.07) is 0. The number of hydrogen-bond acceptors (Lipinski definition) is 2. The zero-order valence-electron chi connectivity index (χ0n) is 5.76. The Bertz CT molecular complexity index is 164. The van der Waals surface area contributed by atoms with Gasteiger partial charge in [0, 0.05) is 0 Å². The minimum atomic E-state index is 0.661. The van der Waals surface area contributed by atoms with Crippen LogP contribution in [0, 0.1) is 0 Å². The standard InChI is InChI=1S/C6H9NO.Cr/c1-5-6(8-4)7(2)3;/h2-4H3;. The summed E-state index contributed by atoms with van der Waals surface area (Å²) in [6.07, 6.45) is 0. The second-order valence-corrected chi connectivity index (χ2v) is 1.95. The molecule has 2 nitrogen and oxygen atoms in total. The fraction of sp³-hybridized carbons (Fsp3) is 0.500. The van der Waals surface area contributed by atoms with Crippen molar-refractivity contribution in [2.24, 2.45) is 0 Å². The third kappa shape index (κ3) is 3.19. The molecule has 9 heavy (non-hydrogen) atoms. The molecule has 0 rings (SSSR count). The molecule has 0 amide bonds. The van der Waals surface area contributed by atoms with Crippen LogP contribution in [0.2, 0.25) is 0 Å². The molecule has 0 radical (unpaired) electrons. The van der Waals surface area contributed by atoms with Crippen LogP contribution in [0.1, 0.15) is 0 Å². The average Bonchev–Trinajstić information content (AvgIpc) is 1.82. The van der Waals surface area contributed by atoms with Gasteiger partial charge >= 0.3 is 62.8 Å². The van der Waals surface area contributed by atoms with Crippen LogP contribution in [0.15, 0.2) is 11.6 Å². The Hall–Kier alpha value is -0.438. The van der Waals surface area contributed by atoms with Crippen molar-refractivity contribution in [2.75, 3.05) is 21.2 Å². The Morgan fingerprint density at radius 1 is 1.56 bits per heavy atom. The van der Waals surface area contributed by atoms with Crippen LogP contribution in [0.3, 0.4) is 0 Å². The van der Waals surface area contributed by atoms with E-state index in [0.29, 0.717) is 5.88 Å². The molecular weight excluding hydrogens is 154 g/mol. The van der Waals surface area contributed by atoms with E-state index >= 15 is 0 Å². The van der Waals surface area contributed by atoms with E-state index in [1.807, 2.05) is 19.0 Å². The first-order chi connectivity index (χ1) is 4.22. The maximum atomic E-state index is 4.90. The molecular formula is C6H9CrNO. The van der Waals surface area contributed by atoms with Gasteiger partial charge in [-0.3, -0.25) is 0 Å². The molecule has 3 heteroatoms. The summed E-state index contributed by atoms with van der Waals surface area (Å²) < 4.78 is 7.52. The second kappa shape index (κ2) is 4.44. The van der Waals surface area contributed by atoms with E-state index in [1.165, 1.54) is 0 Å². The number of rotatable bonds is 2. The van der Waals surface area contributed by atoms with Crippen LogP contribution < -0.4 is 0 Å². The van der Waals surface area contributed by atoms with Crippen LogP contribution in [0.25, 0.3) is 0 Å². The fourth-order valence-electron chi connectivity index (χ4n) is 0.389. The van der Waals surface area contributed by atoms with Crippen LogP contribution >= 0.6 is 0 Å². The first kappa shape index (κ1) is 8.56. The monoisotopic (exact) mass is 163 g/mol. The molecule has 50 valence electrons. The second-order valence-electron chi connectivity index (χ2n) is 1.63. The van der Waals surface area contributed by atoms with Crippen molar-refractivity contribution in [1.29, 1.82) is 0 Å². The summed E-state index contributed by atoms with van der Waals surface area (Å²) in [5.41, 5.74) is 2.75. The number of hydrogen-bond donors (Lipinski definition) is 0. The van der Waals surface area contributed by atoms with Gasteiger partial charge < -0.3 is 0 Å². The van der Waals surface area contributed by atoms with Gasteiger partial charge in [0.1, 0.15) is 0 Å². The van der Waals surface area contributed by atoms with Crippen molar-refractivity contribution in [2.45, 2.75) is 0 Å². The quantitative estimate of drug-likeness (QED) is 0.424. The van der Waals surface area contributed by atoms with Crippen LogP contribution in [0.5, 0.6) is 0 Å². The fourth-order valence-corrected chi connectivity index (χ4v) is 0.525. The molecule has 0 N–H and O–H groups in total. The van der Waals surface area contributed by atoms with Gasteiger partial charge in [0.2, 0.25) is 0 Å². The van der Waals surface area contributed by atoms with E-state index in [0.717, 1.165) is 0 Å². The first-order valence-electron chi connectivity index (χ1n) is 2.43. The Morgan fingerprint density at radius 2 is 2.11 bits per heavy atom. The van der Waals surface area contributed by atoms with Crippen molar-refractivity contribution in [3.8, 4) is 0 Å². The molecule has 0 spiro atoms. The summed E-state index contributed by atoms with van der Waals surface area (Å²) in [5, 5.41) is 0. The van der Waals surface area contributed by atoms with Gasteiger partial charge in [-0.1, -0.05) is 0 Å². The maximum absolute atomic E-state index is 4.90. The zero-order valence-corrected chi connectivity index (χ0v) is 7.04. The van der Waals surface area contributed by atoms with Gasteiger partial charge in [-0.2, -0.15) is 0 Å². The number of ether oxygens (including phenoxy) is 1. The van der Waals surface area contributed by atoms with E-state index in [9.17, 15) is 0 Å². The summed E-state index contributed by atoms with van der Waals surface area (Å²) in [7, 11) is 5.35. The molecule has 0 aliphatic carbocycles. The Morgan fingerprint density at radius 3 is 2.22 bits per heavy atom. The molecule has 0 saturated carbocycles. The third-order valence-corrected chi connectivity index (χ3v) is 0.917. The van der Waals surface area contributed by atoms with Gasteiger partial charge in [0.25, 0.3) is 0 Å². The molecule has 0 aliphatic heterocycles. The van der Waals surface area contributed by atoms with Crippen molar-refractivity contribution < 1.29 is 20.6 Å². The molecule has 0 aromatic heterocycles. The molecule has 0 bridgehead atoms. The van der Waals surface area contributed by atoms with Crippen molar-refractivity contribution >= 4 is 4.54 Å². The van der Waals surface area contributed by atoms with Gasteiger partial charge in [-0.25, -0.2) is 0 Å². The molecule has 0 fully saturated rings. The Balaban J connectivity index is 4.34. The minimum absolute atomic E-state index is 0.661. The molecule has 0 atom stereocenters. The molecule has 0 saturated heterocycles. The predicted octanol–water partition coefficient (Wildman–Crippen LogP) is 0.139. The predicted molar refractivity (Wildman–Crippen MR) is 32.7 cm³/mol. The topological polar surface area (TPSA) is 12.5 Å². The van der Waals surface area contributed by atoms with Gasteiger partial charge in [0.15, 0.2) is 0 Å². The summed E-state index contributed by atoms with van der Waals surface area (Å²) in [5.74, 6) is 0.661. The number of methoxy groups -OCH3 is 1. The molecule has 0 unspecified atom stereocenters. The van der Waals surface area contributed by atoms with E-state index < -0.39 is 0 Å². The van der Waals surface area contributed by atoms with Crippen molar-refractivity contribution in [3.63, 3.8) is 0 Å².